The molecule has 2 aromatic heterocycles. The van der Waals surface area contributed by atoms with E-state index in [1.54, 1.807) is 20.4 Å². The Bertz CT molecular complexity index is 861. The van der Waals surface area contributed by atoms with Gasteiger partial charge in [-0.1, -0.05) is 24.9 Å². The first kappa shape index (κ1) is 16.7. The van der Waals surface area contributed by atoms with Gasteiger partial charge in [0.1, 0.15) is 22.3 Å². The van der Waals surface area contributed by atoms with E-state index in [4.69, 9.17) is 21.1 Å². The van der Waals surface area contributed by atoms with Crippen molar-refractivity contribution in [2.24, 2.45) is 0 Å². The molecule has 126 valence electrons. The number of methoxy groups -OCH3 is 2. The second-order valence-electron chi connectivity index (χ2n) is 5.79. The molecule has 0 saturated carbocycles. The van der Waals surface area contributed by atoms with Gasteiger partial charge in [-0.15, -0.1) is 0 Å². The molecule has 5 heteroatoms. The predicted octanol–water partition coefficient (Wildman–Crippen LogP) is 4.93. The van der Waals surface area contributed by atoms with Crippen molar-refractivity contribution in [3.05, 3.63) is 46.9 Å². The Morgan fingerprint density at radius 3 is 2.38 bits per heavy atom. The van der Waals surface area contributed by atoms with Gasteiger partial charge in [0.15, 0.2) is 0 Å². The van der Waals surface area contributed by atoms with Crippen LogP contribution in [0.4, 0.5) is 0 Å². The van der Waals surface area contributed by atoms with Gasteiger partial charge in [-0.25, -0.2) is 4.98 Å². The average molecular weight is 345 g/mol. The monoisotopic (exact) mass is 344 g/mol. The predicted molar refractivity (Wildman–Crippen MR) is 97.5 cm³/mol. The van der Waals surface area contributed by atoms with Gasteiger partial charge in [0.25, 0.3) is 0 Å². The zero-order valence-corrected chi connectivity index (χ0v) is 15.1. The molecular weight excluding hydrogens is 324 g/mol. The number of benzene rings is 1. The van der Waals surface area contributed by atoms with Crippen LogP contribution >= 0.6 is 11.6 Å². The fourth-order valence-electron chi connectivity index (χ4n) is 3.07. The minimum absolute atomic E-state index is 0.461. The molecule has 0 aliphatic carbocycles. The Labute approximate surface area is 147 Å². The third-order valence-electron chi connectivity index (χ3n) is 4.16. The second-order valence-corrected chi connectivity index (χ2v) is 6.18. The topological polar surface area (TPSA) is 35.8 Å². The Hall–Kier alpha value is -2.20. The average Bonchev–Trinajstić information content (AvgIpc) is 2.95. The summed E-state index contributed by atoms with van der Waals surface area (Å²) in [5, 5.41) is 0.461. The van der Waals surface area contributed by atoms with Crippen molar-refractivity contribution in [2.75, 3.05) is 14.2 Å². The zero-order chi connectivity index (χ0) is 17.3. The smallest absolute Gasteiger partial charge is 0.148 e. The number of hydrogen-bond donors (Lipinski definition) is 0. The molecule has 0 amide bonds. The highest BCUT2D eigenvalue weighted by Gasteiger charge is 2.20. The number of aromatic nitrogens is 2. The molecule has 0 aliphatic rings. The molecule has 0 unspecified atom stereocenters. The number of aryl methyl sites for hydroxylation is 2. The van der Waals surface area contributed by atoms with Crippen LogP contribution in [-0.2, 0) is 6.42 Å². The van der Waals surface area contributed by atoms with Crippen LogP contribution < -0.4 is 9.47 Å². The lowest BCUT2D eigenvalue weighted by atomic mass is 9.97. The highest BCUT2D eigenvalue weighted by atomic mass is 35.5. The SMILES string of the molecule is CCCc1cc(OC)c(-c2c(C)ccn3cc(Cl)nc23)c(OC)c1. The molecule has 0 radical (unpaired) electrons. The normalized spacial score (nSPS) is 11.0. The van der Waals surface area contributed by atoms with E-state index in [-0.39, 0.29) is 0 Å². The van der Waals surface area contributed by atoms with Gasteiger partial charge in [0.2, 0.25) is 0 Å². The van der Waals surface area contributed by atoms with Crippen LogP contribution in [0.1, 0.15) is 24.5 Å². The summed E-state index contributed by atoms with van der Waals surface area (Å²) >= 11 is 6.11. The van der Waals surface area contributed by atoms with Crippen LogP contribution in [0.15, 0.2) is 30.6 Å². The minimum Gasteiger partial charge on any atom is -0.496 e. The fraction of sp³-hybridized carbons (Fsp3) is 0.316. The van der Waals surface area contributed by atoms with Gasteiger partial charge in [-0.3, -0.25) is 0 Å². The zero-order valence-electron chi connectivity index (χ0n) is 14.4. The van der Waals surface area contributed by atoms with Crippen LogP contribution in [0.2, 0.25) is 5.15 Å². The maximum atomic E-state index is 6.11. The van der Waals surface area contributed by atoms with Crippen LogP contribution in [0.3, 0.4) is 0 Å². The highest BCUT2D eigenvalue weighted by Crippen LogP contribution is 2.43. The van der Waals surface area contributed by atoms with E-state index in [0.717, 1.165) is 46.7 Å². The lowest BCUT2D eigenvalue weighted by molar-refractivity contribution is 0.396. The minimum atomic E-state index is 0.461. The molecule has 3 rings (SSSR count). The lowest BCUT2D eigenvalue weighted by Gasteiger charge is -2.17. The van der Waals surface area contributed by atoms with Crippen LogP contribution in [0.25, 0.3) is 16.8 Å². The maximum absolute atomic E-state index is 6.11. The van der Waals surface area contributed by atoms with Crippen molar-refractivity contribution < 1.29 is 9.47 Å². The van der Waals surface area contributed by atoms with Gasteiger partial charge >= 0.3 is 0 Å². The molecule has 0 atom stereocenters. The van der Waals surface area contributed by atoms with E-state index in [2.05, 4.69) is 31.0 Å². The fourth-order valence-corrected chi connectivity index (χ4v) is 3.25. The maximum Gasteiger partial charge on any atom is 0.148 e. The summed E-state index contributed by atoms with van der Waals surface area (Å²) in [5.74, 6) is 1.57. The first-order valence-electron chi connectivity index (χ1n) is 7.98. The van der Waals surface area contributed by atoms with E-state index < -0.39 is 0 Å². The van der Waals surface area contributed by atoms with Crippen molar-refractivity contribution >= 4 is 17.2 Å². The quantitative estimate of drug-likeness (QED) is 0.658. The summed E-state index contributed by atoms with van der Waals surface area (Å²) in [7, 11) is 3.37. The van der Waals surface area contributed by atoms with Crippen molar-refractivity contribution in [3.63, 3.8) is 0 Å². The van der Waals surface area contributed by atoms with Crippen LogP contribution in [0, 0.1) is 6.92 Å². The summed E-state index contributed by atoms with van der Waals surface area (Å²) in [6, 6.07) is 6.20. The third-order valence-corrected chi connectivity index (χ3v) is 4.34. The standard InChI is InChI=1S/C19H21ClN2O2/c1-5-6-13-9-14(23-3)18(15(10-13)24-4)17-12(2)7-8-22-11-16(20)21-19(17)22/h7-11H,5-6H2,1-4H3. The number of pyridine rings is 1. The van der Waals surface area contributed by atoms with Crippen molar-refractivity contribution in [1.82, 2.24) is 9.38 Å². The van der Waals surface area contributed by atoms with Crippen LogP contribution in [-0.4, -0.2) is 23.6 Å². The number of rotatable bonds is 5. The molecule has 0 aliphatic heterocycles. The van der Waals surface area contributed by atoms with Crippen molar-refractivity contribution in [3.8, 4) is 22.6 Å². The van der Waals surface area contributed by atoms with Gasteiger partial charge in [-0.2, -0.15) is 0 Å². The molecule has 4 nitrogen and oxygen atoms in total. The summed E-state index contributed by atoms with van der Waals surface area (Å²) in [5.41, 5.74) is 4.96. The summed E-state index contributed by atoms with van der Waals surface area (Å²) in [6.45, 7) is 4.21. The van der Waals surface area contributed by atoms with Crippen LogP contribution in [0.5, 0.6) is 11.5 Å². The third kappa shape index (κ3) is 2.82. The van der Waals surface area contributed by atoms with Crippen molar-refractivity contribution in [1.29, 1.82) is 0 Å². The molecule has 0 saturated heterocycles. The molecule has 1 aromatic carbocycles. The van der Waals surface area contributed by atoms with E-state index in [1.165, 1.54) is 5.56 Å². The largest absolute Gasteiger partial charge is 0.496 e. The summed E-state index contributed by atoms with van der Waals surface area (Å²) in [4.78, 5) is 4.48. The number of imidazole rings is 1. The van der Waals surface area contributed by atoms with E-state index in [1.807, 2.05) is 16.7 Å². The van der Waals surface area contributed by atoms with Gasteiger partial charge in [0.05, 0.1) is 19.8 Å². The molecule has 0 spiro atoms. The number of ether oxygens (including phenoxy) is 2. The Balaban J connectivity index is 2.35. The molecule has 0 fully saturated rings. The molecule has 0 N–H and O–H groups in total. The molecule has 3 aromatic rings. The second kappa shape index (κ2) is 6.73. The van der Waals surface area contributed by atoms with Gasteiger partial charge < -0.3 is 13.9 Å². The summed E-state index contributed by atoms with van der Waals surface area (Å²) < 4.78 is 13.3. The number of nitrogens with zero attached hydrogens (tertiary/aromatic N) is 2. The number of hydrogen-bond acceptors (Lipinski definition) is 3. The molecular formula is C19H21ClN2O2. The van der Waals surface area contributed by atoms with Gasteiger partial charge in [0, 0.05) is 18.0 Å². The van der Waals surface area contributed by atoms with Crippen molar-refractivity contribution in [2.45, 2.75) is 26.7 Å². The number of fused-ring (bicyclic) bond motifs is 1. The lowest BCUT2D eigenvalue weighted by Crippen LogP contribution is -1.99. The van der Waals surface area contributed by atoms with Gasteiger partial charge in [-0.05, 0) is 42.7 Å². The highest BCUT2D eigenvalue weighted by molar-refractivity contribution is 6.29. The molecule has 0 bridgehead atoms. The Kier molecular flexibility index (Phi) is 4.67. The molecule has 2 heterocycles. The first-order chi connectivity index (χ1) is 11.6. The van der Waals surface area contributed by atoms with E-state index in [9.17, 15) is 0 Å². The first-order valence-corrected chi connectivity index (χ1v) is 8.35. The number of halogens is 1. The van der Waals surface area contributed by atoms with E-state index >= 15 is 0 Å². The van der Waals surface area contributed by atoms with E-state index in [0.29, 0.717) is 5.15 Å². The Morgan fingerprint density at radius 1 is 1.12 bits per heavy atom. The molecule has 24 heavy (non-hydrogen) atoms. The summed E-state index contributed by atoms with van der Waals surface area (Å²) in [6.07, 6.45) is 5.79. The Morgan fingerprint density at radius 2 is 1.79 bits per heavy atom.